The molecule has 4 rings (SSSR count). The third-order valence-electron chi connectivity index (χ3n) is 4.52. The van der Waals surface area contributed by atoms with Crippen LogP contribution in [0.1, 0.15) is 10.6 Å². The van der Waals surface area contributed by atoms with Gasteiger partial charge in [0.15, 0.2) is 22.9 Å². The highest BCUT2D eigenvalue weighted by atomic mass is 16.5. The first-order chi connectivity index (χ1) is 14.5. The van der Waals surface area contributed by atoms with Gasteiger partial charge < -0.3 is 24.7 Å². The molecule has 0 bridgehead atoms. The number of hydrogen-bond donors (Lipinski definition) is 2. The zero-order valence-electron chi connectivity index (χ0n) is 16.8. The van der Waals surface area contributed by atoms with E-state index in [9.17, 15) is 4.79 Å². The van der Waals surface area contributed by atoms with Crippen molar-refractivity contribution in [2.45, 2.75) is 0 Å². The van der Waals surface area contributed by atoms with E-state index in [1.54, 1.807) is 37.6 Å². The number of rotatable bonds is 6. The number of carbonyl (C=O) groups is 1. The summed E-state index contributed by atoms with van der Waals surface area (Å²) < 4.78 is 11.0. The van der Waals surface area contributed by atoms with Crippen LogP contribution >= 0.6 is 0 Å². The second kappa shape index (κ2) is 8.12. The van der Waals surface area contributed by atoms with Crippen LogP contribution in [0, 0.1) is 0 Å². The number of nitrogens with one attached hydrogen (secondary N) is 2. The highest BCUT2D eigenvalue weighted by Gasteiger charge is 2.15. The summed E-state index contributed by atoms with van der Waals surface area (Å²) in [7, 11) is 5.45. The monoisotopic (exact) mass is 403 g/mol. The predicted molar refractivity (Wildman–Crippen MR) is 117 cm³/mol. The molecule has 1 amide bonds. The molecule has 0 radical (unpaired) electrons. The van der Waals surface area contributed by atoms with E-state index in [0.29, 0.717) is 22.8 Å². The first-order valence-corrected chi connectivity index (χ1v) is 9.28. The fraction of sp³-hybridized carbons (Fsp3) is 0.136. The molecular weight excluding hydrogens is 382 g/mol. The number of aromatic nitrogens is 2. The van der Waals surface area contributed by atoms with E-state index >= 15 is 0 Å². The van der Waals surface area contributed by atoms with Crippen LogP contribution in [0.3, 0.4) is 0 Å². The zero-order valence-corrected chi connectivity index (χ0v) is 16.8. The summed E-state index contributed by atoms with van der Waals surface area (Å²) in [6, 6.07) is 16.4. The van der Waals surface area contributed by atoms with E-state index in [2.05, 4.69) is 20.8 Å². The smallest absolute Gasteiger partial charge is 0.291 e. The molecule has 0 unspecified atom stereocenters. The fourth-order valence-corrected chi connectivity index (χ4v) is 2.95. The van der Waals surface area contributed by atoms with Crippen molar-refractivity contribution in [3.8, 4) is 5.75 Å². The van der Waals surface area contributed by atoms with Gasteiger partial charge in [-0.2, -0.15) is 5.10 Å². The molecule has 0 saturated carbocycles. The molecule has 0 aliphatic carbocycles. The Morgan fingerprint density at radius 2 is 1.83 bits per heavy atom. The van der Waals surface area contributed by atoms with Crippen molar-refractivity contribution in [3.05, 3.63) is 66.6 Å². The van der Waals surface area contributed by atoms with Crippen molar-refractivity contribution in [2.75, 3.05) is 36.7 Å². The number of para-hydroxylation sites is 1. The Hall–Kier alpha value is -4.07. The van der Waals surface area contributed by atoms with E-state index in [1.165, 1.54) is 0 Å². The minimum absolute atomic E-state index is 0.215. The highest BCUT2D eigenvalue weighted by molar-refractivity contribution is 6.05. The summed E-state index contributed by atoms with van der Waals surface area (Å²) in [5, 5.41) is 14.9. The topological polar surface area (TPSA) is 92.5 Å². The number of furan rings is 1. The molecule has 8 nitrogen and oxygen atoms in total. The Morgan fingerprint density at radius 1 is 1.07 bits per heavy atom. The van der Waals surface area contributed by atoms with Crippen molar-refractivity contribution in [3.63, 3.8) is 0 Å². The van der Waals surface area contributed by atoms with E-state index < -0.39 is 0 Å². The molecule has 0 atom stereocenters. The maximum absolute atomic E-state index is 12.6. The number of carbonyl (C=O) groups excluding carboxylic acids is 1. The third-order valence-corrected chi connectivity index (χ3v) is 4.52. The SMILES string of the molecule is COc1cccc2cc(C(=O)Nc3ccc(Nc4cc(N(C)C)cnn4)cc3)oc12. The van der Waals surface area contributed by atoms with Crippen molar-refractivity contribution < 1.29 is 13.9 Å². The maximum Gasteiger partial charge on any atom is 0.291 e. The van der Waals surface area contributed by atoms with E-state index in [0.717, 1.165) is 16.8 Å². The molecule has 0 aliphatic heterocycles. The summed E-state index contributed by atoms with van der Waals surface area (Å²) in [5.41, 5.74) is 2.96. The van der Waals surface area contributed by atoms with Gasteiger partial charge in [-0.25, -0.2) is 0 Å². The summed E-state index contributed by atoms with van der Waals surface area (Å²) in [6.07, 6.45) is 1.69. The van der Waals surface area contributed by atoms with Gasteiger partial charge in [0.1, 0.15) is 0 Å². The van der Waals surface area contributed by atoms with Gasteiger partial charge in [-0.05, 0) is 36.4 Å². The van der Waals surface area contributed by atoms with Crippen LogP contribution in [0.15, 0.2) is 65.2 Å². The number of hydrogen-bond acceptors (Lipinski definition) is 7. The first-order valence-electron chi connectivity index (χ1n) is 9.28. The van der Waals surface area contributed by atoms with E-state index in [-0.39, 0.29) is 11.7 Å². The summed E-state index contributed by atoms with van der Waals surface area (Å²) in [4.78, 5) is 14.5. The fourth-order valence-electron chi connectivity index (χ4n) is 2.95. The van der Waals surface area contributed by atoms with Crippen molar-refractivity contribution in [2.24, 2.45) is 0 Å². The minimum atomic E-state index is -0.335. The lowest BCUT2D eigenvalue weighted by Gasteiger charge is -2.13. The number of fused-ring (bicyclic) bond motifs is 1. The summed E-state index contributed by atoms with van der Waals surface area (Å²) in [6.45, 7) is 0. The van der Waals surface area contributed by atoms with Crippen LogP contribution < -0.4 is 20.3 Å². The Kier molecular flexibility index (Phi) is 5.21. The van der Waals surface area contributed by atoms with Crippen molar-refractivity contribution >= 4 is 39.8 Å². The number of methoxy groups -OCH3 is 1. The lowest BCUT2D eigenvalue weighted by Crippen LogP contribution is -2.11. The molecule has 4 aromatic rings. The quantitative estimate of drug-likeness (QED) is 0.496. The Bertz CT molecular complexity index is 1190. The highest BCUT2D eigenvalue weighted by Crippen LogP contribution is 2.29. The van der Waals surface area contributed by atoms with Gasteiger partial charge in [-0.15, -0.1) is 5.10 Å². The molecule has 8 heteroatoms. The Labute approximate surface area is 173 Å². The normalized spacial score (nSPS) is 10.6. The third kappa shape index (κ3) is 4.02. The van der Waals surface area contributed by atoms with Crippen molar-refractivity contribution in [1.82, 2.24) is 10.2 Å². The largest absolute Gasteiger partial charge is 0.493 e. The number of amides is 1. The molecule has 0 spiro atoms. The lowest BCUT2D eigenvalue weighted by atomic mass is 10.2. The van der Waals surface area contributed by atoms with E-state index in [1.807, 2.05) is 49.3 Å². The van der Waals surface area contributed by atoms with E-state index in [4.69, 9.17) is 9.15 Å². The molecule has 0 fully saturated rings. The van der Waals surface area contributed by atoms with Gasteiger partial charge in [-0.1, -0.05) is 12.1 Å². The standard InChI is InChI=1S/C22H21N5O3/c1-27(2)17-12-20(26-23-13-17)24-15-7-9-16(10-8-15)25-22(28)19-11-14-5-4-6-18(29-3)21(14)30-19/h4-13H,1-3H3,(H,24,26)(H,25,28). The number of anilines is 4. The predicted octanol–water partition coefficient (Wildman–Crippen LogP) is 4.29. The van der Waals surface area contributed by atoms with Gasteiger partial charge in [0, 0.05) is 36.9 Å². The number of ether oxygens (including phenoxy) is 1. The van der Waals surface area contributed by atoms with Crippen LogP contribution in [0.2, 0.25) is 0 Å². The molecule has 0 saturated heterocycles. The average Bonchev–Trinajstić information content (AvgIpc) is 3.20. The molecule has 0 aliphatic rings. The van der Waals surface area contributed by atoms with Gasteiger partial charge in [0.05, 0.1) is 19.0 Å². The second-order valence-electron chi connectivity index (χ2n) is 6.84. The van der Waals surface area contributed by atoms with Crippen LogP contribution in [0.5, 0.6) is 5.75 Å². The minimum Gasteiger partial charge on any atom is -0.493 e. The lowest BCUT2D eigenvalue weighted by molar-refractivity contribution is 0.0998. The zero-order chi connectivity index (χ0) is 21.1. The molecule has 2 aromatic heterocycles. The molecule has 30 heavy (non-hydrogen) atoms. The van der Waals surface area contributed by atoms with Gasteiger partial charge >= 0.3 is 0 Å². The van der Waals surface area contributed by atoms with Crippen LogP contribution in [-0.2, 0) is 0 Å². The average molecular weight is 403 g/mol. The molecule has 2 aromatic carbocycles. The van der Waals surface area contributed by atoms with Crippen LogP contribution in [0.25, 0.3) is 11.0 Å². The van der Waals surface area contributed by atoms with Crippen molar-refractivity contribution in [1.29, 1.82) is 0 Å². The summed E-state index contributed by atoms with van der Waals surface area (Å²) in [5.74, 6) is 1.10. The number of nitrogens with zero attached hydrogens (tertiary/aromatic N) is 3. The molecular formula is C22H21N5O3. The van der Waals surface area contributed by atoms with Gasteiger partial charge in [0.25, 0.3) is 5.91 Å². The molecule has 2 heterocycles. The maximum atomic E-state index is 12.6. The first kappa shape index (κ1) is 19.3. The van der Waals surface area contributed by atoms with Crippen LogP contribution in [0.4, 0.5) is 22.9 Å². The Balaban J connectivity index is 1.46. The second-order valence-corrected chi connectivity index (χ2v) is 6.84. The number of benzene rings is 2. The van der Waals surface area contributed by atoms with Crippen LogP contribution in [-0.4, -0.2) is 37.3 Å². The summed E-state index contributed by atoms with van der Waals surface area (Å²) >= 11 is 0. The van der Waals surface area contributed by atoms with Gasteiger partial charge in [0.2, 0.25) is 0 Å². The Morgan fingerprint density at radius 3 is 2.57 bits per heavy atom. The molecule has 2 N–H and O–H groups in total. The van der Waals surface area contributed by atoms with Gasteiger partial charge in [-0.3, -0.25) is 4.79 Å². The molecule has 152 valence electrons.